The van der Waals surface area contributed by atoms with Gasteiger partial charge in [0.25, 0.3) is 0 Å². The van der Waals surface area contributed by atoms with Gasteiger partial charge in [0, 0.05) is 17.8 Å². The number of aromatic nitrogens is 1. The zero-order chi connectivity index (χ0) is 11.6. The number of hydrogen-bond donors (Lipinski definition) is 0. The minimum Gasteiger partial charge on any atom is -0.258 e. The van der Waals surface area contributed by atoms with Crippen LogP contribution in [0.1, 0.15) is 0 Å². The second-order valence-electron chi connectivity index (χ2n) is 2.26. The summed E-state index contributed by atoms with van der Waals surface area (Å²) in [5, 5.41) is 9.71. The number of halogens is 4. The summed E-state index contributed by atoms with van der Waals surface area (Å²) in [4.78, 5) is 12.9. The summed E-state index contributed by atoms with van der Waals surface area (Å²) in [5.41, 5.74) is -5.26. The van der Waals surface area contributed by atoms with Crippen molar-refractivity contribution in [3.8, 4) is 0 Å². The highest BCUT2D eigenvalue weighted by Gasteiger charge is 2.34. The van der Waals surface area contributed by atoms with Gasteiger partial charge < -0.3 is 0 Å². The van der Waals surface area contributed by atoms with Crippen molar-refractivity contribution >= 4 is 33.4 Å². The Kier molecular flexibility index (Phi) is 3.55. The predicted octanol–water partition coefficient (Wildman–Crippen LogP) is 3.36. The third kappa shape index (κ3) is 3.67. The molecule has 0 unspecified atom stereocenters. The lowest BCUT2D eigenvalue weighted by Gasteiger charge is -2.05. The average molecular weight is 303 g/mol. The van der Waals surface area contributed by atoms with Gasteiger partial charge in [0.05, 0.1) is 4.92 Å². The lowest BCUT2D eigenvalue weighted by atomic mass is 10.4. The molecule has 0 N–H and O–H groups in total. The van der Waals surface area contributed by atoms with Crippen LogP contribution in [0.3, 0.4) is 0 Å². The van der Waals surface area contributed by atoms with Crippen molar-refractivity contribution in [1.29, 1.82) is 0 Å². The number of alkyl halides is 3. The molecular formula is C6H2BrF3N2O2S. The fourth-order valence-corrected chi connectivity index (χ4v) is 1.77. The first-order chi connectivity index (χ1) is 6.79. The Hall–Kier alpha value is -0.830. The van der Waals surface area contributed by atoms with Gasteiger partial charge >= 0.3 is 11.2 Å². The van der Waals surface area contributed by atoms with E-state index in [0.717, 1.165) is 6.07 Å². The molecule has 1 aromatic rings. The fourth-order valence-electron chi connectivity index (χ4n) is 0.734. The van der Waals surface area contributed by atoms with Gasteiger partial charge in [-0.1, -0.05) is 0 Å². The Labute approximate surface area is 94.2 Å². The lowest BCUT2D eigenvalue weighted by Crippen LogP contribution is -2.03. The van der Waals surface area contributed by atoms with Crippen LogP contribution < -0.4 is 0 Å². The molecule has 0 aromatic carbocycles. The van der Waals surface area contributed by atoms with Crippen molar-refractivity contribution in [3.05, 3.63) is 26.9 Å². The lowest BCUT2D eigenvalue weighted by molar-refractivity contribution is -0.388. The van der Waals surface area contributed by atoms with Crippen LogP contribution in [0.25, 0.3) is 0 Å². The minimum absolute atomic E-state index is 0.111. The largest absolute Gasteiger partial charge is 0.448 e. The van der Waals surface area contributed by atoms with Crippen LogP contribution in [0, 0.1) is 10.1 Å². The van der Waals surface area contributed by atoms with Gasteiger partial charge in [0.1, 0.15) is 4.60 Å². The van der Waals surface area contributed by atoms with E-state index in [0.29, 0.717) is 0 Å². The zero-order valence-corrected chi connectivity index (χ0v) is 9.19. The molecule has 1 aromatic heterocycles. The third-order valence-corrected chi connectivity index (χ3v) is 2.38. The van der Waals surface area contributed by atoms with E-state index in [2.05, 4.69) is 20.9 Å². The van der Waals surface area contributed by atoms with Crippen LogP contribution in [-0.2, 0) is 0 Å². The molecule has 0 atom stereocenters. The van der Waals surface area contributed by atoms with E-state index in [4.69, 9.17) is 0 Å². The summed E-state index contributed by atoms with van der Waals surface area (Å²) in [5.74, 6) is 0. The van der Waals surface area contributed by atoms with Gasteiger partial charge in [0.2, 0.25) is 0 Å². The monoisotopic (exact) mass is 302 g/mol. The van der Waals surface area contributed by atoms with E-state index < -0.39 is 32.9 Å². The standard InChI is InChI=1S/C6H2BrF3N2O2S/c7-4-2-1-3(12(13)14)5(11-4)15-6(8,9)10/h1-2H. The van der Waals surface area contributed by atoms with Crippen molar-refractivity contribution in [2.75, 3.05) is 0 Å². The number of nitrogens with zero attached hydrogens (tertiary/aromatic N) is 2. The van der Waals surface area contributed by atoms with Crippen molar-refractivity contribution in [3.63, 3.8) is 0 Å². The molecule has 0 radical (unpaired) electrons. The van der Waals surface area contributed by atoms with E-state index in [9.17, 15) is 23.3 Å². The molecular weight excluding hydrogens is 301 g/mol. The zero-order valence-electron chi connectivity index (χ0n) is 6.79. The molecule has 1 heterocycles. The molecule has 1 rings (SSSR count). The summed E-state index contributed by atoms with van der Waals surface area (Å²) in [6, 6.07) is 2.17. The SMILES string of the molecule is O=[N+]([O-])c1ccc(Br)nc1SC(F)(F)F. The Morgan fingerprint density at radius 3 is 2.53 bits per heavy atom. The van der Waals surface area contributed by atoms with Crippen LogP contribution in [0.15, 0.2) is 21.8 Å². The summed E-state index contributed by atoms with van der Waals surface area (Å²) < 4.78 is 36.1. The molecule has 0 aliphatic rings. The van der Waals surface area contributed by atoms with Crippen LogP contribution in [0.5, 0.6) is 0 Å². The van der Waals surface area contributed by atoms with Crippen LogP contribution in [0.2, 0.25) is 0 Å². The molecule has 0 saturated heterocycles. The Bertz CT molecular complexity index is 398. The number of rotatable bonds is 2. The number of hydrogen-bond acceptors (Lipinski definition) is 4. The fraction of sp³-hybridized carbons (Fsp3) is 0.167. The highest BCUT2D eigenvalue weighted by Crippen LogP contribution is 2.40. The van der Waals surface area contributed by atoms with E-state index in [1.165, 1.54) is 6.07 Å². The molecule has 0 bridgehead atoms. The van der Waals surface area contributed by atoms with Gasteiger partial charge in [0.15, 0.2) is 5.03 Å². The van der Waals surface area contributed by atoms with Crippen molar-refractivity contribution in [1.82, 2.24) is 4.98 Å². The second kappa shape index (κ2) is 4.35. The van der Waals surface area contributed by atoms with Gasteiger partial charge in [-0.3, -0.25) is 10.1 Å². The van der Waals surface area contributed by atoms with Gasteiger partial charge in [-0.05, 0) is 22.0 Å². The summed E-state index contributed by atoms with van der Waals surface area (Å²) in [6.07, 6.45) is 0. The van der Waals surface area contributed by atoms with Crippen LogP contribution >= 0.6 is 27.7 Å². The van der Waals surface area contributed by atoms with E-state index in [1.807, 2.05) is 0 Å². The summed E-state index contributed by atoms with van der Waals surface area (Å²) in [7, 11) is 0. The van der Waals surface area contributed by atoms with Gasteiger partial charge in [-0.15, -0.1) is 0 Å². The average Bonchev–Trinajstić information content (AvgIpc) is 1.99. The van der Waals surface area contributed by atoms with Crippen LogP contribution in [-0.4, -0.2) is 15.4 Å². The third-order valence-electron chi connectivity index (χ3n) is 1.22. The molecule has 0 saturated carbocycles. The van der Waals surface area contributed by atoms with Gasteiger partial charge in [-0.25, -0.2) is 4.98 Å². The van der Waals surface area contributed by atoms with Crippen molar-refractivity contribution < 1.29 is 18.1 Å². The number of nitro groups is 1. The first-order valence-corrected chi connectivity index (χ1v) is 4.97. The van der Waals surface area contributed by atoms with Crippen molar-refractivity contribution in [2.24, 2.45) is 0 Å². The maximum Gasteiger partial charge on any atom is 0.448 e. The molecule has 0 aliphatic carbocycles. The molecule has 0 amide bonds. The minimum atomic E-state index is -4.60. The second-order valence-corrected chi connectivity index (χ2v) is 4.13. The molecule has 9 heteroatoms. The maximum absolute atomic E-state index is 12.0. The first-order valence-electron chi connectivity index (χ1n) is 3.36. The smallest absolute Gasteiger partial charge is 0.258 e. The molecule has 15 heavy (non-hydrogen) atoms. The maximum atomic E-state index is 12.0. The highest BCUT2D eigenvalue weighted by molar-refractivity contribution is 9.10. The number of thioether (sulfide) groups is 1. The highest BCUT2D eigenvalue weighted by atomic mass is 79.9. The summed E-state index contributed by atoms with van der Waals surface area (Å²) >= 11 is 2.23. The van der Waals surface area contributed by atoms with E-state index in [1.54, 1.807) is 0 Å². The number of pyridine rings is 1. The summed E-state index contributed by atoms with van der Waals surface area (Å²) in [6.45, 7) is 0. The molecule has 4 nitrogen and oxygen atoms in total. The van der Waals surface area contributed by atoms with Crippen molar-refractivity contribution in [2.45, 2.75) is 10.5 Å². The molecule has 82 valence electrons. The Morgan fingerprint density at radius 1 is 1.47 bits per heavy atom. The van der Waals surface area contributed by atoms with Gasteiger partial charge in [-0.2, -0.15) is 13.2 Å². The van der Waals surface area contributed by atoms with E-state index >= 15 is 0 Å². The molecule has 0 spiro atoms. The quantitative estimate of drug-likeness (QED) is 0.364. The van der Waals surface area contributed by atoms with E-state index in [-0.39, 0.29) is 4.60 Å². The topological polar surface area (TPSA) is 56.0 Å². The first kappa shape index (κ1) is 12.2. The predicted molar refractivity (Wildman–Crippen MR) is 50.5 cm³/mol. The molecule has 0 aliphatic heterocycles. The Balaban J connectivity index is 3.13. The molecule has 0 fully saturated rings. The normalized spacial score (nSPS) is 11.5. The van der Waals surface area contributed by atoms with Crippen LogP contribution in [0.4, 0.5) is 18.9 Å². The Morgan fingerprint density at radius 2 is 2.07 bits per heavy atom.